The summed E-state index contributed by atoms with van der Waals surface area (Å²) in [5, 5.41) is 0. The molecule has 0 saturated carbocycles. The number of carbonyl (C=O) groups excluding carboxylic acids is 1. The van der Waals surface area contributed by atoms with E-state index in [9.17, 15) is 4.79 Å². The minimum Gasteiger partial charge on any atom is -0.368 e. The number of nitrogens with zero attached hydrogens (tertiary/aromatic N) is 1. The van der Waals surface area contributed by atoms with Crippen LogP contribution in [-0.2, 0) is 9.53 Å². The molecule has 0 spiro atoms. The minimum atomic E-state index is -0.163. The van der Waals surface area contributed by atoms with E-state index in [0.29, 0.717) is 0 Å². The van der Waals surface area contributed by atoms with Crippen molar-refractivity contribution in [3.63, 3.8) is 0 Å². The zero-order valence-electron chi connectivity index (χ0n) is 8.85. The zero-order chi connectivity index (χ0) is 9.97. The zero-order valence-corrected chi connectivity index (χ0v) is 9.67. The van der Waals surface area contributed by atoms with Gasteiger partial charge < -0.3 is 15.4 Å². The van der Waals surface area contributed by atoms with Crippen LogP contribution in [0.1, 0.15) is 25.7 Å². The summed E-state index contributed by atoms with van der Waals surface area (Å²) < 4.78 is 5.37. The van der Waals surface area contributed by atoms with Gasteiger partial charge in [-0.1, -0.05) is 0 Å². The third-order valence-electron chi connectivity index (χ3n) is 3.06. The molecule has 2 saturated heterocycles. The molecule has 4 nitrogen and oxygen atoms in total. The number of piperidine rings is 1. The molecular formula is C10H19ClN2O2. The van der Waals surface area contributed by atoms with Gasteiger partial charge in [0.15, 0.2) is 0 Å². The molecule has 2 aliphatic rings. The normalized spacial score (nSPS) is 27.5. The monoisotopic (exact) mass is 234 g/mol. The molecule has 0 aliphatic carbocycles. The molecule has 1 amide bonds. The van der Waals surface area contributed by atoms with Crippen molar-refractivity contribution >= 4 is 18.3 Å². The van der Waals surface area contributed by atoms with E-state index in [2.05, 4.69) is 0 Å². The molecule has 0 aromatic carbocycles. The maximum Gasteiger partial charge on any atom is 0.251 e. The van der Waals surface area contributed by atoms with E-state index in [-0.39, 0.29) is 30.5 Å². The lowest BCUT2D eigenvalue weighted by Crippen LogP contribution is -2.46. The van der Waals surface area contributed by atoms with E-state index in [0.717, 1.165) is 45.4 Å². The summed E-state index contributed by atoms with van der Waals surface area (Å²) in [6, 6.07) is 0.281. The third-order valence-corrected chi connectivity index (χ3v) is 3.06. The second-order valence-electron chi connectivity index (χ2n) is 4.16. The van der Waals surface area contributed by atoms with Crippen molar-refractivity contribution in [3.05, 3.63) is 0 Å². The van der Waals surface area contributed by atoms with Crippen LogP contribution >= 0.6 is 12.4 Å². The highest BCUT2D eigenvalue weighted by Crippen LogP contribution is 2.17. The van der Waals surface area contributed by atoms with Gasteiger partial charge in [-0.25, -0.2) is 0 Å². The molecule has 1 unspecified atom stereocenters. The Morgan fingerprint density at radius 1 is 1.27 bits per heavy atom. The van der Waals surface area contributed by atoms with Crippen molar-refractivity contribution in [2.24, 2.45) is 5.73 Å². The molecule has 88 valence electrons. The molecule has 0 aromatic rings. The molecule has 0 bridgehead atoms. The standard InChI is InChI=1S/C10H18N2O2.ClH/c11-8-3-5-12(6-4-8)10(13)9-2-1-7-14-9;/h8-9H,1-7,11H2;1H. The second-order valence-corrected chi connectivity index (χ2v) is 4.16. The summed E-state index contributed by atoms with van der Waals surface area (Å²) in [5.74, 6) is 0.175. The molecule has 0 aromatic heterocycles. The van der Waals surface area contributed by atoms with Gasteiger partial charge in [0, 0.05) is 25.7 Å². The number of likely N-dealkylation sites (tertiary alicyclic amines) is 1. The first-order chi connectivity index (χ1) is 6.77. The predicted octanol–water partition coefficient (Wildman–Crippen LogP) is 0.537. The lowest BCUT2D eigenvalue weighted by molar-refractivity contribution is -0.141. The first-order valence-electron chi connectivity index (χ1n) is 5.43. The minimum absolute atomic E-state index is 0. The van der Waals surface area contributed by atoms with E-state index in [1.807, 2.05) is 4.90 Å². The molecule has 0 radical (unpaired) electrons. The fourth-order valence-electron chi connectivity index (χ4n) is 2.10. The number of ether oxygens (including phenoxy) is 1. The number of halogens is 1. The number of amides is 1. The Hall–Kier alpha value is -0.320. The fraction of sp³-hybridized carbons (Fsp3) is 0.900. The topological polar surface area (TPSA) is 55.6 Å². The Morgan fingerprint density at radius 2 is 1.93 bits per heavy atom. The Labute approximate surface area is 96.5 Å². The van der Waals surface area contributed by atoms with E-state index < -0.39 is 0 Å². The summed E-state index contributed by atoms with van der Waals surface area (Å²) in [6.45, 7) is 2.35. The molecule has 2 N–H and O–H groups in total. The van der Waals surface area contributed by atoms with Crippen LogP contribution in [0, 0.1) is 0 Å². The Morgan fingerprint density at radius 3 is 2.47 bits per heavy atom. The van der Waals surface area contributed by atoms with Gasteiger partial charge in [-0.05, 0) is 25.7 Å². The van der Waals surface area contributed by atoms with Gasteiger partial charge in [0.05, 0.1) is 0 Å². The first kappa shape index (κ1) is 12.7. The largest absolute Gasteiger partial charge is 0.368 e. The van der Waals surface area contributed by atoms with Crippen LogP contribution in [-0.4, -0.2) is 42.6 Å². The van der Waals surface area contributed by atoms with Gasteiger partial charge in [-0.3, -0.25) is 4.79 Å². The smallest absolute Gasteiger partial charge is 0.251 e. The van der Waals surface area contributed by atoms with Crippen LogP contribution in [0.2, 0.25) is 0 Å². The third kappa shape index (κ3) is 3.06. The summed E-state index contributed by atoms with van der Waals surface area (Å²) in [4.78, 5) is 13.8. The van der Waals surface area contributed by atoms with Crippen LogP contribution in [0.3, 0.4) is 0 Å². The van der Waals surface area contributed by atoms with Crippen molar-refractivity contribution in [2.75, 3.05) is 19.7 Å². The molecule has 5 heteroatoms. The van der Waals surface area contributed by atoms with Gasteiger partial charge in [0.25, 0.3) is 5.91 Å². The summed E-state index contributed by atoms with van der Waals surface area (Å²) in [5.41, 5.74) is 5.78. The Bertz CT molecular complexity index is 211. The quantitative estimate of drug-likeness (QED) is 0.721. The van der Waals surface area contributed by atoms with Crippen molar-refractivity contribution in [3.8, 4) is 0 Å². The summed E-state index contributed by atoms with van der Waals surface area (Å²) in [7, 11) is 0. The average molecular weight is 235 g/mol. The van der Waals surface area contributed by atoms with Crippen LogP contribution in [0.25, 0.3) is 0 Å². The maximum atomic E-state index is 11.9. The molecule has 2 rings (SSSR count). The highest BCUT2D eigenvalue weighted by atomic mass is 35.5. The van der Waals surface area contributed by atoms with Crippen LogP contribution < -0.4 is 5.73 Å². The van der Waals surface area contributed by atoms with E-state index in [1.54, 1.807) is 0 Å². The van der Waals surface area contributed by atoms with Crippen LogP contribution in [0.5, 0.6) is 0 Å². The van der Waals surface area contributed by atoms with Crippen molar-refractivity contribution in [1.29, 1.82) is 0 Å². The van der Waals surface area contributed by atoms with Crippen LogP contribution in [0.4, 0.5) is 0 Å². The molecular weight excluding hydrogens is 216 g/mol. The predicted molar refractivity (Wildman–Crippen MR) is 60.0 cm³/mol. The highest BCUT2D eigenvalue weighted by molar-refractivity contribution is 5.85. The van der Waals surface area contributed by atoms with Gasteiger partial charge in [0.1, 0.15) is 6.10 Å². The van der Waals surface area contributed by atoms with E-state index in [1.165, 1.54) is 0 Å². The number of nitrogens with two attached hydrogens (primary N) is 1. The second kappa shape index (κ2) is 5.68. The lowest BCUT2D eigenvalue weighted by atomic mass is 10.1. The molecule has 2 aliphatic heterocycles. The molecule has 2 fully saturated rings. The maximum absolute atomic E-state index is 11.9. The van der Waals surface area contributed by atoms with Gasteiger partial charge in [0.2, 0.25) is 0 Å². The number of carbonyl (C=O) groups is 1. The lowest BCUT2D eigenvalue weighted by Gasteiger charge is -2.31. The highest BCUT2D eigenvalue weighted by Gasteiger charge is 2.29. The SMILES string of the molecule is Cl.NC1CCN(C(=O)C2CCCO2)CC1. The number of rotatable bonds is 1. The van der Waals surface area contributed by atoms with Crippen molar-refractivity contribution < 1.29 is 9.53 Å². The Kier molecular flexibility index (Phi) is 4.83. The van der Waals surface area contributed by atoms with Gasteiger partial charge >= 0.3 is 0 Å². The number of hydrogen-bond donors (Lipinski definition) is 1. The molecule has 15 heavy (non-hydrogen) atoms. The summed E-state index contributed by atoms with van der Waals surface area (Å²) in [6.07, 6.45) is 3.60. The molecule has 1 atom stereocenters. The average Bonchev–Trinajstić information content (AvgIpc) is 2.71. The van der Waals surface area contributed by atoms with E-state index >= 15 is 0 Å². The summed E-state index contributed by atoms with van der Waals surface area (Å²) >= 11 is 0. The fourth-order valence-corrected chi connectivity index (χ4v) is 2.10. The number of hydrogen-bond acceptors (Lipinski definition) is 3. The molecule has 2 heterocycles. The first-order valence-corrected chi connectivity index (χ1v) is 5.43. The van der Waals surface area contributed by atoms with E-state index in [4.69, 9.17) is 10.5 Å². The van der Waals surface area contributed by atoms with Gasteiger partial charge in [-0.15, -0.1) is 12.4 Å². The van der Waals surface area contributed by atoms with Crippen molar-refractivity contribution in [2.45, 2.75) is 37.8 Å². The Balaban J connectivity index is 0.00000112. The van der Waals surface area contributed by atoms with Crippen molar-refractivity contribution in [1.82, 2.24) is 4.90 Å². The van der Waals surface area contributed by atoms with Crippen LogP contribution in [0.15, 0.2) is 0 Å². The van der Waals surface area contributed by atoms with Gasteiger partial charge in [-0.2, -0.15) is 0 Å².